The lowest BCUT2D eigenvalue weighted by atomic mass is 10.1. The van der Waals surface area contributed by atoms with Crippen molar-refractivity contribution in [2.24, 2.45) is 0 Å². The van der Waals surface area contributed by atoms with Gasteiger partial charge in [-0.3, -0.25) is 0 Å². The van der Waals surface area contributed by atoms with Crippen molar-refractivity contribution in [1.29, 1.82) is 0 Å². The van der Waals surface area contributed by atoms with Crippen LogP contribution in [0, 0.1) is 0 Å². The highest BCUT2D eigenvalue weighted by Gasteiger charge is 2.30. The maximum absolute atomic E-state index is 13.0. The van der Waals surface area contributed by atoms with Gasteiger partial charge in [-0.25, -0.2) is 8.42 Å². The van der Waals surface area contributed by atoms with Crippen LogP contribution < -0.4 is 5.32 Å². The molecule has 0 radical (unpaired) electrons. The number of aryl methyl sites for hydroxylation is 2. The van der Waals surface area contributed by atoms with Crippen LogP contribution in [0.3, 0.4) is 0 Å². The van der Waals surface area contributed by atoms with Gasteiger partial charge in [-0.15, -0.1) is 0 Å². The Morgan fingerprint density at radius 1 is 1.15 bits per heavy atom. The first-order valence-electron chi connectivity index (χ1n) is 9.67. The average molecular weight is 411 g/mol. The fourth-order valence-corrected chi connectivity index (χ4v) is 5.45. The highest BCUT2D eigenvalue weighted by molar-refractivity contribution is 7.89. The molecule has 0 saturated carbocycles. The van der Waals surface area contributed by atoms with Gasteiger partial charge in [-0.1, -0.05) is 6.07 Å². The van der Waals surface area contributed by atoms with E-state index in [0.717, 1.165) is 43.9 Å². The van der Waals surface area contributed by atoms with Gasteiger partial charge in [0.05, 0.1) is 4.90 Å². The first-order valence-corrected chi connectivity index (χ1v) is 11.5. The van der Waals surface area contributed by atoms with Gasteiger partial charge >= 0.3 is 0 Å². The molecule has 0 atom stereocenters. The number of hydrogen-bond acceptors (Lipinski definition) is 4. The summed E-state index contributed by atoms with van der Waals surface area (Å²) in [4.78, 5) is 4.65. The van der Waals surface area contributed by atoms with Gasteiger partial charge in [0.1, 0.15) is 0 Å². The van der Waals surface area contributed by atoms with Gasteiger partial charge in [0.15, 0.2) is 5.11 Å². The highest BCUT2D eigenvalue weighted by Crippen LogP contribution is 2.26. The van der Waals surface area contributed by atoms with Crippen LogP contribution in [-0.4, -0.2) is 81.0 Å². The largest absolute Gasteiger partial charge is 0.363 e. The van der Waals surface area contributed by atoms with Gasteiger partial charge in [-0.05, 0) is 81.8 Å². The molecule has 1 N–H and O–H groups in total. The van der Waals surface area contributed by atoms with Gasteiger partial charge in [0.25, 0.3) is 0 Å². The summed E-state index contributed by atoms with van der Waals surface area (Å²) in [5.74, 6) is 0. The molecule has 3 rings (SSSR count). The molecule has 2 aliphatic rings. The Balaban J connectivity index is 1.53. The van der Waals surface area contributed by atoms with E-state index in [0.29, 0.717) is 31.1 Å². The van der Waals surface area contributed by atoms with E-state index in [2.05, 4.69) is 29.2 Å². The third kappa shape index (κ3) is 4.99. The Morgan fingerprint density at radius 3 is 2.56 bits per heavy atom. The molecule has 6 nitrogen and oxygen atoms in total. The summed E-state index contributed by atoms with van der Waals surface area (Å²) in [5.41, 5.74) is 2.49. The van der Waals surface area contributed by atoms with Crippen LogP contribution in [0.15, 0.2) is 23.1 Å². The van der Waals surface area contributed by atoms with Crippen molar-refractivity contribution in [1.82, 2.24) is 19.4 Å². The number of hydrogen-bond donors (Lipinski definition) is 1. The number of piperazine rings is 1. The molecule has 1 aromatic carbocycles. The summed E-state index contributed by atoms with van der Waals surface area (Å²) in [6, 6.07) is 5.63. The second-order valence-corrected chi connectivity index (χ2v) is 9.89. The predicted molar refractivity (Wildman–Crippen MR) is 113 cm³/mol. The topological polar surface area (TPSA) is 55.9 Å². The molecular formula is C19H30N4O2S2. The van der Waals surface area contributed by atoms with E-state index in [1.165, 1.54) is 11.1 Å². The average Bonchev–Trinajstić information content (AvgIpc) is 3.13. The molecule has 1 saturated heterocycles. The fraction of sp³-hybridized carbons (Fsp3) is 0.632. The van der Waals surface area contributed by atoms with Crippen molar-refractivity contribution in [3.05, 3.63) is 29.3 Å². The van der Waals surface area contributed by atoms with Gasteiger partial charge in [0.2, 0.25) is 10.0 Å². The number of sulfonamides is 1. The van der Waals surface area contributed by atoms with Gasteiger partial charge in [0, 0.05) is 32.7 Å². The normalized spacial score (nSPS) is 18.0. The number of nitrogens with one attached hydrogen (secondary N) is 1. The van der Waals surface area contributed by atoms with Crippen LogP contribution in [0.1, 0.15) is 24.0 Å². The van der Waals surface area contributed by atoms with Crippen LogP contribution in [-0.2, 0) is 22.9 Å². The lowest BCUT2D eigenvalue weighted by Crippen LogP contribution is -2.53. The molecule has 8 heteroatoms. The van der Waals surface area contributed by atoms with E-state index < -0.39 is 10.0 Å². The first kappa shape index (κ1) is 20.5. The van der Waals surface area contributed by atoms with Crippen molar-refractivity contribution in [2.75, 3.05) is 53.4 Å². The lowest BCUT2D eigenvalue weighted by molar-refractivity contribution is 0.263. The van der Waals surface area contributed by atoms with Crippen molar-refractivity contribution >= 4 is 27.4 Å². The molecule has 1 aromatic rings. The van der Waals surface area contributed by atoms with Crippen molar-refractivity contribution in [2.45, 2.75) is 30.6 Å². The molecule has 0 spiro atoms. The minimum absolute atomic E-state index is 0.431. The minimum Gasteiger partial charge on any atom is -0.363 e. The van der Waals surface area contributed by atoms with Crippen LogP contribution in [0.5, 0.6) is 0 Å². The summed E-state index contributed by atoms with van der Waals surface area (Å²) >= 11 is 5.47. The minimum atomic E-state index is -3.43. The Labute approximate surface area is 168 Å². The van der Waals surface area contributed by atoms with Crippen LogP contribution in [0.2, 0.25) is 0 Å². The summed E-state index contributed by atoms with van der Waals surface area (Å²) in [6.45, 7) is 4.05. The molecule has 1 aliphatic carbocycles. The zero-order valence-electron chi connectivity index (χ0n) is 16.3. The van der Waals surface area contributed by atoms with Crippen LogP contribution in [0.4, 0.5) is 0 Å². The predicted octanol–water partition coefficient (Wildman–Crippen LogP) is 1.31. The van der Waals surface area contributed by atoms with E-state index in [1.807, 2.05) is 12.1 Å². The third-order valence-electron chi connectivity index (χ3n) is 5.29. The molecule has 0 amide bonds. The Morgan fingerprint density at radius 2 is 1.85 bits per heavy atom. The maximum atomic E-state index is 13.0. The monoisotopic (exact) mass is 410 g/mol. The highest BCUT2D eigenvalue weighted by atomic mass is 32.2. The third-order valence-corrected chi connectivity index (χ3v) is 7.59. The van der Waals surface area contributed by atoms with Crippen LogP contribution >= 0.6 is 12.2 Å². The van der Waals surface area contributed by atoms with E-state index >= 15 is 0 Å². The summed E-state index contributed by atoms with van der Waals surface area (Å²) in [6.07, 6.45) is 4.20. The second-order valence-electron chi connectivity index (χ2n) is 7.56. The van der Waals surface area contributed by atoms with E-state index in [1.54, 1.807) is 10.4 Å². The van der Waals surface area contributed by atoms with E-state index in [9.17, 15) is 8.42 Å². The molecule has 1 heterocycles. The van der Waals surface area contributed by atoms with Crippen LogP contribution in [0.25, 0.3) is 0 Å². The Hall–Kier alpha value is -1.22. The molecule has 1 fully saturated rings. The molecular weight excluding hydrogens is 380 g/mol. The number of fused-ring (bicyclic) bond motifs is 1. The maximum Gasteiger partial charge on any atom is 0.243 e. The number of rotatable bonds is 6. The Kier molecular flexibility index (Phi) is 6.73. The van der Waals surface area contributed by atoms with Crippen molar-refractivity contribution < 1.29 is 8.42 Å². The van der Waals surface area contributed by atoms with Gasteiger partial charge < -0.3 is 15.1 Å². The van der Waals surface area contributed by atoms with E-state index in [4.69, 9.17) is 12.2 Å². The van der Waals surface area contributed by atoms with Crippen molar-refractivity contribution in [3.63, 3.8) is 0 Å². The smallest absolute Gasteiger partial charge is 0.243 e. The first-order chi connectivity index (χ1) is 12.9. The summed E-state index contributed by atoms with van der Waals surface area (Å²) in [5, 5.41) is 4.01. The molecule has 150 valence electrons. The zero-order valence-corrected chi connectivity index (χ0v) is 17.9. The summed E-state index contributed by atoms with van der Waals surface area (Å²) < 4.78 is 27.6. The SMILES string of the molecule is CN(C)CCCNC(=S)N1CCN(S(=O)(=O)c2ccc3c(c2)CCC3)CC1. The molecule has 0 aromatic heterocycles. The Bertz CT molecular complexity index is 772. The van der Waals surface area contributed by atoms with Crippen molar-refractivity contribution in [3.8, 4) is 0 Å². The standard InChI is InChI=1S/C19H30N4O2S2/c1-21(2)10-4-9-20-19(26)22-11-13-23(14-12-22)27(24,25)18-8-7-16-5-3-6-17(16)15-18/h7-8,15H,3-6,9-14H2,1-2H3,(H,20,26). The molecule has 0 unspecified atom stereocenters. The fourth-order valence-electron chi connectivity index (χ4n) is 3.69. The number of nitrogens with zero attached hydrogens (tertiary/aromatic N) is 3. The summed E-state index contributed by atoms with van der Waals surface area (Å²) in [7, 11) is 0.683. The second kappa shape index (κ2) is 8.86. The molecule has 1 aliphatic heterocycles. The number of benzene rings is 1. The molecule has 0 bridgehead atoms. The quantitative estimate of drug-likeness (QED) is 0.564. The lowest BCUT2D eigenvalue weighted by Gasteiger charge is -2.35. The van der Waals surface area contributed by atoms with Gasteiger partial charge in [-0.2, -0.15) is 4.31 Å². The number of thiocarbonyl (C=S) groups is 1. The molecule has 27 heavy (non-hydrogen) atoms. The zero-order chi connectivity index (χ0) is 19.4. The van der Waals surface area contributed by atoms with E-state index in [-0.39, 0.29) is 0 Å².